The van der Waals surface area contributed by atoms with Crippen LogP contribution in [-0.2, 0) is 6.54 Å². The number of nitrogens with zero attached hydrogens (tertiary/aromatic N) is 2. The Bertz CT molecular complexity index is 629. The van der Waals surface area contributed by atoms with Crippen molar-refractivity contribution in [3.8, 4) is 0 Å². The van der Waals surface area contributed by atoms with Crippen LogP contribution in [0, 0.1) is 6.92 Å². The largest absolute Gasteiger partial charge is 0.382 e. The number of hydrogen-bond acceptors (Lipinski definition) is 3. The van der Waals surface area contributed by atoms with Crippen LogP contribution in [0.5, 0.6) is 0 Å². The first-order valence-electron chi connectivity index (χ1n) is 6.29. The Balaban J connectivity index is 2.68. The lowest BCUT2D eigenvalue weighted by Gasteiger charge is -2.12. The van der Waals surface area contributed by atoms with Gasteiger partial charge in [0.25, 0.3) is 0 Å². The number of pyridine rings is 2. The van der Waals surface area contributed by atoms with E-state index < -0.39 is 0 Å². The fraction of sp³-hybridized carbons (Fsp3) is 0.429. The smallest absolute Gasteiger partial charge is 0.193 e. The van der Waals surface area contributed by atoms with Gasteiger partial charge in [0.2, 0.25) is 0 Å². The van der Waals surface area contributed by atoms with Crippen LogP contribution in [0.1, 0.15) is 26.3 Å². The zero-order valence-electron chi connectivity index (χ0n) is 11.3. The zero-order chi connectivity index (χ0) is 13.3. The van der Waals surface area contributed by atoms with Gasteiger partial charge in [-0.05, 0) is 33.8 Å². The minimum absolute atomic E-state index is 0.0645. The first kappa shape index (κ1) is 12.6. The monoisotopic (exact) mass is 245 g/mol. The fourth-order valence-corrected chi connectivity index (χ4v) is 2.07. The quantitative estimate of drug-likeness (QED) is 0.904. The molecule has 2 heterocycles. The molecule has 0 amide bonds. The normalized spacial score (nSPS) is 11.2. The SMILES string of the molecule is CCn1cc(C)c(=O)c2cc(NC(C)C)cnc21. The summed E-state index contributed by atoms with van der Waals surface area (Å²) < 4.78 is 2.01. The van der Waals surface area contributed by atoms with Crippen molar-refractivity contribution in [1.29, 1.82) is 0 Å². The Morgan fingerprint density at radius 2 is 2.17 bits per heavy atom. The summed E-state index contributed by atoms with van der Waals surface area (Å²) in [6.45, 7) is 8.82. The van der Waals surface area contributed by atoms with Crippen LogP contribution in [0.3, 0.4) is 0 Å². The van der Waals surface area contributed by atoms with E-state index in [1.807, 2.05) is 30.7 Å². The molecule has 4 heteroatoms. The van der Waals surface area contributed by atoms with Gasteiger partial charge in [-0.3, -0.25) is 4.79 Å². The van der Waals surface area contributed by atoms with E-state index in [1.54, 1.807) is 6.20 Å². The third kappa shape index (κ3) is 2.23. The molecule has 18 heavy (non-hydrogen) atoms. The lowest BCUT2D eigenvalue weighted by molar-refractivity contribution is 0.772. The second-order valence-corrected chi connectivity index (χ2v) is 4.82. The highest BCUT2D eigenvalue weighted by Gasteiger charge is 2.08. The molecule has 2 rings (SSSR count). The van der Waals surface area contributed by atoms with E-state index >= 15 is 0 Å². The van der Waals surface area contributed by atoms with Crippen molar-refractivity contribution in [3.05, 3.63) is 34.2 Å². The van der Waals surface area contributed by atoms with E-state index in [9.17, 15) is 4.79 Å². The molecule has 0 aliphatic carbocycles. The number of hydrogen-bond donors (Lipinski definition) is 1. The maximum Gasteiger partial charge on any atom is 0.193 e. The average Bonchev–Trinajstić information content (AvgIpc) is 2.33. The fourth-order valence-electron chi connectivity index (χ4n) is 2.07. The summed E-state index contributed by atoms with van der Waals surface area (Å²) in [5, 5.41) is 3.95. The van der Waals surface area contributed by atoms with Gasteiger partial charge in [-0.2, -0.15) is 0 Å². The van der Waals surface area contributed by atoms with Crippen LogP contribution in [0.15, 0.2) is 23.3 Å². The first-order chi connectivity index (χ1) is 8.52. The second-order valence-electron chi connectivity index (χ2n) is 4.82. The van der Waals surface area contributed by atoms with Gasteiger partial charge in [0.1, 0.15) is 5.65 Å². The molecule has 96 valence electrons. The van der Waals surface area contributed by atoms with Crippen molar-refractivity contribution in [2.45, 2.75) is 40.3 Å². The highest BCUT2D eigenvalue weighted by Crippen LogP contribution is 2.15. The van der Waals surface area contributed by atoms with Crippen LogP contribution < -0.4 is 10.7 Å². The van der Waals surface area contributed by atoms with E-state index in [-0.39, 0.29) is 5.43 Å². The highest BCUT2D eigenvalue weighted by molar-refractivity contribution is 5.79. The van der Waals surface area contributed by atoms with Crippen molar-refractivity contribution in [1.82, 2.24) is 9.55 Å². The Morgan fingerprint density at radius 3 is 2.78 bits per heavy atom. The molecular formula is C14H19N3O. The molecule has 0 saturated carbocycles. The Kier molecular flexibility index (Phi) is 3.36. The predicted octanol–water partition coefficient (Wildman–Crippen LogP) is 2.55. The summed E-state index contributed by atoms with van der Waals surface area (Å²) in [7, 11) is 0. The molecule has 0 aromatic carbocycles. The molecule has 4 nitrogen and oxygen atoms in total. The van der Waals surface area contributed by atoms with Gasteiger partial charge < -0.3 is 9.88 Å². The van der Waals surface area contributed by atoms with Crippen LogP contribution >= 0.6 is 0 Å². The van der Waals surface area contributed by atoms with Gasteiger partial charge in [-0.15, -0.1) is 0 Å². The molecule has 0 atom stereocenters. The maximum atomic E-state index is 12.2. The van der Waals surface area contributed by atoms with E-state index in [2.05, 4.69) is 24.1 Å². The Labute approximate surface area is 107 Å². The standard InChI is InChI=1S/C14H19N3O/c1-5-17-8-10(4)13(18)12-6-11(16-9(2)3)7-15-14(12)17/h6-9,16H,5H2,1-4H3. The van der Waals surface area contributed by atoms with E-state index in [0.717, 1.165) is 23.4 Å². The minimum atomic E-state index is 0.0645. The maximum absolute atomic E-state index is 12.2. The van der Waals surface area contributed by atoms with E-state index in [4.69, 9.17) is 0 Å². The van der Waals surface area contributed by atoms with Crippen LogP contribution in [0.25, 0.3) is 11.0 Å². The van der Waals surface area contributed by atoms with Crippen molar-refractivity contribution < 1.29 is 0 Å². The number of aromatic nitrogens is 2. The summed E-state index contributed by atoms with van der Waals surface area (Å²) >= 11 is 0. The summed E-state index contributed by atoms with van der Waals surface area (Å²) in [5.74, 6) is 0. The van der Waals surface area contributed by atoms with Crippen molar-refractivity contribution in [2.75, 3.05) is 5.32 Å². The first-order valence-corrected chi connectivity index (χ1v) is 6.29. The predicted molar refractivity (Wildman–Crippen MR) is 75.2 cm³/mol. The number of nitrogens with one attached hydrogen (secondary N) is 1. The van der Waals surface area contributed by atoms with Crippen molar-refractivity contribution >= 4 is 16.7 Å². The van der Waals surface area contributed by atoms with Gasteiger partial charge in [0, 0.05) is 24.3 Å². The number of aryl methyl sites for hydroxylation is 2. The molecule has 0 radical (unpaired) electrons. The molecular weight excluding hydrogens is 226 g/mol. The lowest BCUT2D eigenvalue weighted by atomic mass is 10.2. The topological polar surface area (TPSA) is 46.9 Å². The lowest BCUT2D eigenvalue weighted by Crippen LogP contribution is -2.15. The summed E-state index contributed by atoms with van der Waals surface area (Å²) in [6.07, 6.45) is 3.65. The summed E-state index contributed by atoms with van der Waals surface area (Å²) in [6, 6.07) is 2.21. The Hall–Kier alpha value is -1.84. The number of fused-ring (bicyclic) bond motifs is 1. The molecule has 0 bridgehead atoms. The molecule has 0 aliphatic rings. The Morgan fingerprint density at radius 1 is 1.44 bits per heavy atom. The molecule has 0 saturated heterocycles. The molecule has 0 aliphatic heterocycles. The van der Waals surface area contributed by atoms with Crippen molar-refractivity contribution in [3.63, 3.8) is 0 Å². The van der Waals surface area contributed by atoms with E-state index in [0.29, 0.717) is 11.4 Å². The van der Waals surface area contributed by atoms with Gasteiger partial charge in [-0.25, -0.2) is 4.98 Å². The third-order valence-electron chi connectivity index (χ3n) is 2.89. The highest BCUT2D eigenvalue weighted by atomic mass is 16.1. The van der Waals surface area contributed by atoms with Gasteiger partial charge >= 0.3 is 0 Å². The molecule has 0 fully saturated rings. The number of rotatable bonds is 3. The minimum Gasteiger partial charge on any atom is -0.382 e. The van der Waals surface area contributed by atoms with E-state index in [1.165, 1.54) is 0 Å². The zero-order valence-corrected chi connectivity index (χ0v) is 11.3. The third-order valence-corrected chi connectivity index (χ3v) is 2.89. The second kappa shape index (κ2) is 4.80. The van der Waals surface area contributed by atoms with Crippen molar-refractivity contribution in [2.24, 2.45) is 0 Å². The molecule has 2 aromatic rings. The molecule has 2 aromatic heterocycles. The summed E-state index contributed by atoms with van der Waals surface area (Å²) in [5.41, 5.74) is 2.47. The van der Waals surface area contributed by atoms with Gasteiger partial charge in [-0.1, -0.05) is 0 Å². The number of anilines is 1. The average molecular weight is 245 g/mol. The van der Waals surface area contributed by atoms with Gasteiger partial charge in [0.15, 0.2) is 5.43 Å². The van der Waals surface area contributed by atoms with Gasteiger partial charge in [0.05, 0.1) is 17.3 Å². The van der Waals surface area contributed by atoms with Crippen LogP contribution in [0.4, 0.5) is 5.69 Å². The van der Waals surface area contributed by atoms with Crippen LogP contribution in [0.2, 0.25) is 0 Å². The summed E-state index contributed by atoms with van der Waals surface area (Å²) in [4.78, 5) is 16.6. The van der Waals surface area contributed by atoms with Crippen LogP contribution in [-0.4, -0.2) is 15.6 Å². The molecule has 1 N–H and O–H groups in total. The molecule has 0 spiro atoms. The molecule has 0 unspecified atom stereocenters.